The van der Waals surface area contributed by atoms with E-state index in [2.05, 4.69) is 11.9 Å². The molecule has 27 heavy (non-hydrogen) atoms. The highest BCUT2D eigenvalue weighted by molar-refractivity contribution is 7.16. The van der Waals surface area contributed by atoms with Crippen molar-refractivity contribution < 1.29 is 14.3 Å². The van der Waals surface area contributed by atoms with Crippen LogP contribution in [0.1, 0.15) is 43.0 Å². The maximum Gasteiger partial charge on any atom is 0.253 e. The molecule has 1 aromatic heterocycles. The number of piperidine rings is 1. The lowest BCUT2D eigenvalue weighted by atomic mass is 9.87. The number of carbonyl (C=O) groups excluding carboxylic acids is 2. The Bertz CT molecular complexity index is 842. The highest BCUT2D eigenvalue weighted by Gasteiger charge is 2.41. The van der Waals surface area contributed by atoms with Gasteiger partial charge in [0.2, 0.25) is 5.91 Å². The molecule has 1 spiro atoms. The third-order valence-corrected chi connectivity index (χ3v) is 6.42. The van der Waals surface area contributed by atoms with Gasteiger partial charge in [0.05, 0.1) is 34.4 Å². The molecule has 144 valence electrons. The van der Waals surface area contributed by atoms with E-state index in [0.29, 0.717) is 51.1 Å². The number of nitrogens with zero attached hydrogens (tertiary/aromatic N) is 3. The molecule has 4 rings (SSSR count). The number of amides is 2. The number of hydrogen-bond donors (Lipinski definition) is 0. The summed E-state index contributed by atoms with van der Waals surface area (Å²) in [5.74, 6) is 0.234. The number of aromatic nitrogens is 1. The molecule has 2 aromatic rings. The largest absolute Gasteiger partial charge is 0.372 e. The van der Waals surface area contributed by atoms with Crippen LogP contribution in [0.3, 0.4) is 0 Å². The van der Waals surface area contributed by atoms with E-state index < -0.39 is 5.60 Å². The number of carbonyl (C=O) groups is 2. The molecule has 0 saturated carbocycles. The molecule has 6 nitrogen and oxygen atoms in total. The Morgan fingerprint density at radius 3 is 2.89 bits per heavy atom. The first-order valence-electron chi connectivity index (χ1n) is 9.64. The molecular formula is C20H25N3O3S. The van der Waals surface area contributed by atoms with Crippen LogP contribution in [0.2, 0.25) is 0 Å². The summed E-state index contributed by atoms with van der Waals surface area (Å²) in [4.78, 5) is 33.5. The Labute approximate surface area is 163 Å². The third-order valence-electron chi connectivity index (χ3n) is 5.63. The van der Waals surface area contributed by atoms with Gasteiger partial charge in [-0.25, -0.2) is 4.98 Å². The van der Waals surface area contributed by atoms with Crippen molar-refractivity contribution in [2.45, 2.75) is 38.2 Å². The van der Waals surface area contributed by atoms with Crippen molar-refractivity contribution in [1.29, 1.82) is 0 Å². The molecule has 0 unspecified atom stereocenters. The Hall–Kier alpha value is -1.99. The van der Waals surface area contributed by atoms with Crippen LogP contribution in [-0.4, -0.2) is 65.0 Å². The van der Waals surface area contributed by atoms with Crippen molar-refractivity contribution in [3.05, 3.63) is 29.3 Å². The second-order valence-corrected chi connectivity index (χ2v) is 8.30. The zero-order valence-electron chi connectivity index (χ0n) is 15.6. The predicted octanol–water partition coefficient (Wildman–Crippen LogP) is 2.93. The lowest BCUT2D eigenvalue weighted by Gasteiger charge is -2.40. The second-order valence-electron chi connectivity index (χ2n) is 7.42. The fraction of sp³-hybridized carbons (Fsp3) is 0.550. The predicted molar refractivity (Wildman–Crippen MR) is 105 cm³/mol. The van der Waals surface area contributed by atoms with Crippen LogP contribution in [0.25, 0.3) is 10.2 Å². The molecule has 0 atom stereocenters. The van der Waals surface area contributed by atoms with Gasteiger partial charge in [-0.2, -0.15) is 0 Å². The normalized spacial score (nSPS) is 20.3. The summed E-state index contributed by atoms with van der Waals surface area (Å²) < 4.78 is 7.18. The molecule has 7 heteroatoms. The van der Waals surface area contributed by atoms with Crippen LogP contribution >= 0.6 is 11.3 Å². The van der Waals surface area contributed by atoms with Gasteiger partial charge in [0.1, 0.15) is 0 Å². The van der Waals surface area contributed by atoms with E-state index in [4.69, 9.17) is 4.74 Å². The number of fused-ring (bicyclic) bond motifs is 1. The summed E-state index contributed by atoms with van der Waals surface area (Å²) in [6.45, 7) is 5.39. The second kappa shape index (κ2) is 7.56. The lowest BCUT2D eigenvalue weighted by Crippen LogP contribution is -2.49. The molecule has 0 aliphatic carbocycles. The number of rotatable bonds is 3. The number of ether oxygens (including phenoxy) is 1. The summed E-state index contributed by atoms with van der Waals surface area (Å²) in [5, 5.41) is 0. The molecule has 0 bridgehead atoms. The standard InChI is InChI=1S/C20H25N3O3S/c1-2-7-22-10-11-26-20(13-18(22)24)5-8-23(9-6-20)19(25)15-3-4-16-17(12-15)27-14-21-16/h3-4,12,14H,2,5-11,13H2,1H3. The average molecular weight is 388 g/mol. The molecule has 2 aliphatic heterocycles. The number of benzene rings is 1. The fourth-order valence-electron chi connectivity index (χ4n) is 4.05. The summed E-state index contributed by atoms with van der Waals surface area (Å²) in [5.41, 5.74) is 3.02. The minimum Gasteiger partial charge on any atom is -0.372 e. The van der Waals surface area contributed by atoms with Crippen LogP contribution in [-0.2, 0) is 9.53 Å². The fourth-order valence-corrected chi connectivity index (χ4v) is 4.77. The first kappa shape index (κ1) is 18.4. The van der Waals surface area contributed by atoms with Gasteiger partial charge in [-0.3, -0.25) is 9.59 Å². The van der Waals surface area contributed by atoms with Crippen LogP contribution in [0.5, 0.6) is 0 Å². The van der Waals surface area contributed by atoms with Gasteiger partial charge in [-0.1, -0.05) is 6.92 Å². The number of hydrogen-bond acceptors (Lipinski definition) is 5. The van der Waals surface area contributed by atoms with Gasteiger partial charge in [-0.05, 0) is 37.5 Å². The van der Waals surface area contributed by atoms with Crippen molar-refractivity contribution in [3.63, 3.8) is 0 Å². The van der Waals surface area contributed by atoms with Crippen molar-refractivity contribution in [2.75, 3.05) is 32.8 Å². The molecule has 2 saturated heterocycles. The van der Waals surface area contributed by atoms with Crippen molar-refractivity contribution in [2.24, 2.45) is 0 Å². The first-order chi connectivity index (χ1) is 13.1. The van der Waals surface area contributed by atoms with E-state index in [9.17, 15) is 9.59 Å². The minimum absolute atomic E-state index is 0.0488. The molecule has 2 fully saturated rings. The van der Waals surface area contributed by atoms with E-state index >= 15 is 0 Å². The molecule has 2 aliphatic rings. The third kappa shape index (κ3) is 3.71. The van der Waals surface area contributed by atoms with Gasteiger partial charge in [0.15, 0.2) is 0 Å². The van der Waals surface area contributed by atoms with Crippen LogP contribution in [0.15, 0.2) is 23.7 Å². The maximum absolute atomic E-state index is 12.9. The smallest absolute Gasteiger partial charge is 0.253 e. The zero-order valence-corrected chi connectivity index (χ0v) is 16.5. The summed E-state index contributed by atoms with van der Waals surface area (Å²) >= 11 is 1.55. The summed E-state index contributed by atoms with van der Waals surface area (Å²) in [7, 11) is 0. The van der Waals surface area contributed by atoms with Crippen LogP contribution in [0.4, 0.5) is 0 Å². The average Bonchev–Trinajstić information content (AvgIpc) is 3.09. The SMILES string of the molecule is CCCN1CCOC2(CCN(C(=O)c3ccc4ncsc4c3)CC2)CC1=O. The van der Waals surface area contributed by atoms with E-state index in [1.807, 2.05) is 28.0 Å². The Morgan fingerprint density at radius 1 is 1.30 bits per heavy atom. The zero-order chi connectivity index (χ0) is 18.9. The minimum atomic E-state index is -0.405. The highest BCUT2D eigenvalue weighted by Crippen LogP contribution is 2.33. The molecule has 2 amide bonds. The van der Waals surface area contributed by atoms with E-state index in [1.165, 1.54) is 0 Å². The lowest BCUT2D eigenvalue weighted by molar-refractivity contribution is -0.135. The Kier molecular flexibility index (Phi) is 5.14. The molecular weight excluding hydrogens is 362 g/mol. The van der Waals surface area contributed by atoms with Crippen LogP contribution < -0.4 is 0 Å². The number of thiazole rings is 1. The van der Waals surface area contributed by atoms with Crippen molar-refractivity contribution in [1.82, 2.24) is 14.8 Å². The molecule has 0 N–H and O–H groups in total. The van der Waals surface area contributed by atoms with Crippen LogP contribution in [0, 0.1) is 0 Å². The van der Waals surface area contributed by atoms with Crippen molar-refractivity contribution in [3.8, 4) is 0 Å². The maximum atomic E-state index is 12.9. The monoisotopic (exact) mass is 387 g/mol. The summed E-state index contributed by atoms with van der Waals surface area (Å²) in [6.07, 6.45) is 2.83. The van der Waals surface area contributed by atoms with Gasteiger partial charge < -0.3 is 14.5 Å². The van der Waals surface area contributed by atoms with Gasteiger partial charge in [0, 0.05) is 31.7 Å². The summed E-state index contributed by atoms with van der Waals surface area (Å²) in [6, 6.07) is 5.68. The van der Waals surface area contributed by atoms with E-state index in [1.54, 1.807) is 16.8 Å². The van der Waals surface area contributed by atoms with Gasteiger partial charge in [-0.15, -0.1) is 11.3 Å². The van der Waals surface area contributed by atoms with E-state index in [-0.39, 0.29) is 11.8 Å². The van der Waals surface area contributed by atoms with Gasteiger partial charge in [0.25, 0.3) is 5.91 Å². The Morgan fingerprint density at radius 2 is 2.11 bits per heavy atom. The topological polar surface area (TPSA) is 62.7 Å². The number of likely N-dealkylation sites (tertiary alicyclic amines) is 1. The van der Waals surface area contributed by atoms with E-state index in [0.717, 1.165) is 23.2 Å². The van der Waals surface area contributed by atoms with Gasteiger partial charge >= 0.3 is 0 Å². The molecule has 1 aromatic carbocycles. The quantitative estimate of drug-likeness (QED) is 0.812. The first-order valence-corrected chi connectivity index (χ1v) is 10.5. The van der Waals surface area contributed by atoms with Crippen molar-refractivity contribution >= 4 is 33.4 Å². The highest BCUT2D eigenvalue weighted by atomic mass is 32.1. The molecule has 3 heterocycles. The Balaban J connectivity index is 1.42. The molecule has 0 radical (unpaired) electrons.